The fourth-order valence-corrected chi connectivity index (χ4v) is 1.55. The number of hydrogen-bond donors (Lipinski definition) is 2. The van der Waals surface area contributed by atoms with Crippen molar-refractivity contribution in [1.29, 1.82) is 0 Å². The summed E-state index contributed by atoms with van der Waals surface area (Å²) in [4.78, 5) is 13.2. The Morgan fingerprint density at radius 3 is 2.44 bits per heavy atom. The zero-order chi connectivity index (χ0) is 14.2. The number of likely N-dealkylation sites (N-methyl/N-ethyl adjacent to an activating group) is 1. The molecule has 0 aliphatic rings. The molecule has 0 heterocycles. The van der Waals surface area contributed by atoms with Crippen molar-refractivity contribution in [3.63, 3.8) is 0 Å². The van der Waals surface area contributed by atoms with E-state index in [-0.39, 0.29) is 6.10 Å². The molecule has 5 heteroatoms. The van der Waals surface area contributed by atoms with Gasteiger partial charge in [-0.3, -0.25) is 4.79 Å². The van der Waals surface area contributed by atoms with Gasteiger partial charge in [0.25, 0.3) is 0 Å². The van der Waals surface area contributed by atoms with Gasteiger partial charge in [0.1, 0.15) is 0 Å². The van der Waals surface area contributed by atoms with Gasteiger partial charge in [0.15, 0.2) is 0 Å². The summed E-state index contributed by atoms with van der Waals surface area (Å²) in [5, 5.41) is 0. The van der Waals surface area contributed by atoms with Gasteiger partial charge >= 0.3 is 0 Å². The molecule has 1 atom stereocenters. The number of carbonyl (C=O) groups is 1. The van der Waals surface area contributed by atoms with Crippen LogP contribution >= 0.6 is 0 Å². The molecule has 0 aromatic heterocycles. The minimum Gasteiger partial charge on any atom is -0.377 e. The molecule has 0 spiro atoms. The first-order chi connectivity index (χ1) is 8.25. The lowest BCUT2D eigenvalue weighted by Crippen LogP contribution is -2.49. The quantitative estimate of drug-likeness (QED) is 0.566. The summed E-state index contributed by atoms with van der Waals surface area (Å²) < 4.78 is 5.48. The fraction of sp³-hybridized carbons (Fsp3) is 0.923. The average Bonchev–Trinajstić information content (AvgIpc) is 2.23. The molecular formula is C13H29N3O2. The SMILES string of the molecule is CC(C)OCCN(C)CCCCC(C)(N)C(N)=O. The Balaban J connectivity index is 3.57. The topological polar surface area (TPSA) is 81.6 Å². The number of primary amides is 1. The summed E-state index contributed by atoms with van der Waals surface area (Å²) in [6.07, 6.45) is 2.84. The van der Waals surface area contributed by atoms with E-state index >= 15 is 0 Å². The van der Waals surface area contributed by atoms with E-state index in [9.17, 15) is 4.79 Å². The van der Waals surface area contributed by atoms with Crippen molar-refractivity contribution in [2.24, 2.45) is 11.5 Å². The van der Waals surface area contributed by atoms with Crippen LogP contribution in [0.3, 0.4) is 0 Å². The number of unbranched alkanes of at least 4 members (excludes halogenated alkanes) is 1. The van der Waals surface area contributed by atoms with Gasteiger partial charge in [-0.2, -0.15) is 0 Å². The number of nitrogens with zero attached hydrogens (tertiary/aromatic N) is 1. The van der Waals surface area contributed by atoms with Crippen LogP contribution in [0, 0.1) is 0 Å². The third kappa shape index (κ3) is 8.44. The van der Waals surface area contributed by atoms with Crippen LogP contribution in [0.5, 0.6) is 0 Å². The highest BCUT2D eigenvalue weighted by atomic mass is 16.5. The molecule has 1 amide bonds. The van der Waals surface area contributed by atoms with Gasteiger partial charge in [-0.05, 0) is 53.6 Å². The Hall–Kier alpha value is -0.650. The molecule has 0 aromatic rings. The lowest BCUT2D eigenvalue weighted by molar-refractivity contribution is -0.122. The largest absolute Gasteiger partial charge is 0.377 e. The van der Waals surface area contributed by atoms with E-state index in [1.54, 1.807) is 6.92 Å². The first kappa shape index (κ1) is 17.4. The van der Waals surface area contributed by atoms with Crippen molar-refractivity contribution in [2.45, 2.75) is 51.7 Å². The van der Waals surface area contributed by atoms with Gasteiger partial charge in [0.2, 0.25) is 5.91 Å². The Kier molecular flexibility index (Phi) is 8.15. The van der Waals surface area contributed by atoms with Crippen LogP contribution in [0.25, 0.3) is 0 Å². The molecule has 4 N–H and O–H groups in total. The second-order valence-corrected chi connectivity index (χ2v) is 5.46. The van der Waals surface area contributed by atoms with E-state index < -0.39 is 11.4 Å². The molecule has 1 unspecified atom stereocenters. The van der Waals surface area contributed by atoms with Gasteiger partial charge in [-0.1, -0.05) is 0 Å². The maximum absolute atomic E-state index is 11.0. The molecule has 0 radical (unpaired) electrons. The minimum absolute atomic E-state index is 0.284. The molecule has 0 saturated carbocycles. The molecule has 18 heavy (non-hydrogen) atoms. The summed E-state index contributed by atoms with van der Waals surface area (Å²) in [6, 6.07) is 0. The molecular weight excluding hydrogens is 230 g/mol. The van der Waals surface area contributed by atoms with Crippen molar-refractivity contribution in [3.8, 4) is 0 Å². The van der Waals surface area contributed by atoms with Crippen molar-refractivity contribution in [2.75, 3.05) is 26.7 Å². The number of amides is 1. The molecule has 0 fully saturated rings. The Bertz CT molecular complexity index is 242. The number of rotatable bonds is 10. The molecule has 0 bridgehead atoms. The smallest absolute Gasteiger partial charge is 0.237 e. The lowest BCUT2D eigenvalue weighted by Gasteiger charge is -2.21. The van der Waals surface area contributed by atoms with E-state index in [2.05, 4.69) is 11.9 Å². The van der Waals surface area contributed by atoms with Crippen LogP contribution in [0.4, 0.5) is 0 Å². The van der Waals surface area contributed by atoms with Crippen molar-refractivity contribution < 1.29 is 9.53 Å². The summed E-state index contributed by atoms with van der Waals surface area (Å²) in [6.45, 7) is 8.42. The van der Waals surface area contributed by atoms with Crippen LogP contribution < -0.4 is 11.5 Å². The van der Waals surface area contributed by atoms with Crippen LogP contribution in [-0.2, 0) is 9.53 Å². The van der Waals surface area contributed by atoms with Gasteiger partial charge in [0.05, 0.1) is 18.2 Å². The first-order valence-electron chi connectivity index (χ1n) is 6.64. The van der Waals surface area contributed by atoms with Crippen LogP contribution in [0.1, 0.15) is 40.0 Å². The fourth-order valence-electron chi connectivity index (χ4n) is 1.55. The van der Waals surface area contributed by atoms with E-state index in [1.165, 1.54) is 0 Å². The summed E-state index contributed by atoms with van der Waals surface area (Å²) in [5.74, 6) is -0.429. The van der Waals surface area contributed by atoms with Gasteiger partial charge in [-0.15, -0.1) is 0 Å². The molecule has 5 nitrogen and oxygen atoms in total. The summed E-state index contributed by atoms with van der Waals surface area (Å²) in [7, 11) is 2.07. The Morgan fingerprint density at radius 2 is 1.94 bits per heavy atom. The highest BCUT2D eigenvalue weighted by Crippen LogP contribution is 2.10. The third-order valence-corrected chi connectivity index (χ3v) is 2.97. The third-order valence-electron chi connectivity index (χ3n) is 2.97. The normalized spacial score (nSPS) is 15.1. The molecule has 108 valence electrons. The Morgan fingerprint density at radius 1 is 1.33 bits per heavy atom. The van der Waals surface area contributed by atoms with E-state index in [0.29, 0.717) is 6.42 Å². The molecule has 0 aliphatic heterocycles. The maximum atomic E-state index is 11.0. The number of carbonyl (C=O) groups excluding carboxylic acids is 1. The van der Waals surface area contributed by atoms with E-state index in [4.69, 9.17) is 16.2 Å². The molecule has 0 aliphatic carbocycles. The maximum Gasteiger partial charge on any atom is 0.237 e. The van der Waals surface area contributed by atoms with Crippen molar-refractivity contribution >= 4 is 5.91 Å². The predicted octanol–water partition coefficient (Wildman–Crippen LogP) is 0.716. The standard InChI is InChI=1S/C13H29N3O2/c1-11(2)18-10-9-16(4)8-6-5-7-13(3,15)12(14)17/h11H,5-10,15H2,1-4H3,(H2,14,17). The zero-order valence-electron chi connectivity index (χ0n) is 12.2. The molecule has 0 saturated heterocycles. The average molecular weight is 259 g/mol. The number of ether oxygens (including phenoxy) is 1. The number of hydrogen-bond acceptors (Lipinski definition) is 4. The van der Waals surface area contributed by atoms with Crippen molar-refractivity contribution in [1.82, 2.24) is 4.90 Å². The number of nitrogens with two attached hydrogens (primary N) is 2. The monoisotopic (exact) mass is 259 g/mol. The van der Waals surface area contributed by atoms with E-state index in [0.717, 1.165) is 32.5 Å². The summed E-state index contributed by atoms with van der Waals surface area (Å²) in [5.41, 5.74) is 10.1. The predicted molar refractivity (Wildman–Crippen MR) is 74.2 cm³/mol. The highest BCUT2D eigenvalue weighted by molar-refractivity contribution is 5.83. The van der Waals surface area contributed by atoms with Gasteiger partial charge in [-0.25, -0.2) is 0 Å². The lowest BCUT2D eigenvalue weighted by atomic mass is 9.95. The van der Waals surface area contributed by atoms with Crippen LogP contribution in [0.2, 0.25) is 0 Å². The van der Waals surface area contributed by atoms with Crippen LogP contribution in [-0.4, -0.2) is 49.2 Å². The minimum atomic E-state index is -0.876. The van der Waals surface area contributed by atoms with E-state index in [1.807, 2.05) is 13.8 Å². The zero-order valence-corrected chi connectivity index (χ0v) is 12.2. The molecule has 0 rings (SSSR count). The van der Waals surface area contributed by atoms with Crippen molar-refractivity contribution in [3.05, 3.63) is 0 Å². The second-order valence-electron chi connectivity index (χ2n) is 5.46. The second kappa shape index (κ2) is 8.45. The highest BCUT2D eigenvalue weighted by Gasteiger charge is 2.24. The van der Waals surface area contributed by atoms with Gasteiger partial charge < -0.3 is 21.1 Å². The van der Waals surface area contributed by atoms with Gasteiger partial charge in [0, 0.05) is 6.54 Å². The summed E-state index contributed by atoms with van der Waals surface area (Å²) >= 11 is 0. The molecule has 0 aromatic carbocycles. The Labute approximate surface area is 111 Å². The van der Waals surface area contributed by atoms with Crippen LogP contribution in [0.15, 0.2) is 0 Å². The first-order valence-corrected chi connectivity index (χ1v) is 6.64.